The number of hydrogen-bond donors (Lipinski definition) is 1. The summed E-state index contributed by atoms with van der Waals surface area (Å²) in [4.78, 5) is 10.3. The number of rotatable bonds is 8. The molecule has 0 saturated heterocycles. The molecule has 160 valence electrons. The molecular formula is C22H28N4O3S. The number of methoxy groups -OCH3 is 1. The lowest BCUT2D eigenvalue weighted by atomic mass is 10.0. The zero-order valence-electron chi connectivity index (χ0n) is 17.3. The van der Waals surface area contributed by atoms with E-state index in [2.05, 4.69) is 39.1 Å². The van der Waals surface area contributed by atoms with Gasteiger partial charge in [0.15, 0.2) is 0 Å². The van der Waals surface area contributed by atoms with E-state index < -0.39 is 9.84 Å². The van der Waals surface area contributed by atoms with Gasteiger partial charge in [-0.2, -0.15) is 0 Å². The third-order valence-electron chi connectivity index (χ3n) is 6.20. The summed E-state index contributed by atoms with van der Waals surface area (Å²) < 4.78 is 32.9. The maximum absolute atomic E-state index is 12.9. The van der Waals surface area contributed by atoms with Crippen LogP contribution in [0.3, 0.4) is 0 Å². The summed E-state index contributed by atoms with van der Waals surface area (Å²) in [6, 6.07) is 8.44. The van der Waals surface area contributed by atoms with Crippen LogP contribution in [-0.2, 0) is 40.6 Å². The van der Waals surface area contributed by atoms with Crippen molar-refractivity contribution in [3.63, 3.8) is 0 Å². The Labute approximate surface area is 177 Å². The van der Waals surface area contributed by atoms with Crippen LogP contribution in [-0.4, -0.2) is 53.9 Å². The maximum atomic E-state index is 12.9. The van der Waals surface area contributed by atoms with Gasteiger partial charge in [0, 0.05) is 49.9 Å². The Morgan fingerprint density at radius 2 is 2.10 bits per heavy atom. The molecule has 0 bridgehead atoms. The van der Waals surface area contributed by atoms with E-state index in [1.807, 2.05) is 4.57 Å². The molecule has 3 aromatic rings. The van der Waals surface area contributed by atoms with Crippen molar-refractivity contribution in [2.75, 3.05) is 26.0 Å². The van der Waals surface area contributed by atoms with Crippen molar-refractivity contribution in [3.05, 3.63) is 47.4 Å². The SMILES string of the molecule is COCCn1c(CN2CCc3c([nH]c4ccccc34)C2)cnc1S(=O)(=O)CC1CC1. The first-order valence-electron chi connectivity index (χ1n) is 10.6. The summed E-state index contributed by atoms with van der Waals surface area (Å²) in [5.41, 5.74) is 4.78. The summed E-state index contributed by atoms with van der Waals surface area (Å²) in [6.45, 7) is 3.39. The van der Waals surface area contributed by atoms with Gasteiger partial charge in [-0.25, -0.2) is 13.4 Å². The van der Waals surface area contributed by atoms with E-state index in [4.69, 9.17) is 4.74 Å². The largest absolute Gasteiger partial charge is 0.383 e. The minimum absolute atomic E-state index is 0.199. The molecule has 5 rings (SSSR count). The van der Waals surface area contributed by atoms with Gasteiger partial charge in [-0.15, -0.1) is 0 Å². The van der Waals surface area contributed by atoms with Crippen molar-refractivity contribution in [2.45, 2.75) is 44.1 Å². The topological polar surface area (TPSA) is 80.2 Å². The molecule has 3 heterocycles. The number of hydrogen-bond acceptors (Lipinski definition) is 5. The number of H-pyrrole nitrogens is 1. The van der Waals surface area contributed by atoms with Gasteiger partial charge in [0.25, 0.3) is 0 Å². The first kappa shape index (κ1) is 19.8. The highest BCUT2D eigenvalue weighted by Gasteiger charge is 2.32. The molecule has 0 amide bonds. The summed E-state index contributed by atoms with van der Waals surface area (Å²) in [7, 11) is -1.74. The third-order valence-corrected chi connectivity index (χ3v) is 7.99. The van der Waals surface area contributed by atoms with Crippen LogP contribution in [0.1, 0.15) is 29.8 Å². The van der Waals surface area contributed by atoms with Crippen LogP contribution >= 0.6 is 0 Å². The standard InChI is InChI=1S/C22H28N4O3S/c1-29-11-10-26-17(12-23-22(26)30(27,28)15-16-6-7-16)13-25-9-8-19-18-4-2-3-5-20(18)24-21(19)14-25/h2-5,12,16,24H,6-11,13-15H2,1H3. The lowest BCUT2D eigenvalue weighted by molar-refractivity contribution is 0.180. The van der Waals surface area contributed by atoms with Crippen molar-refractivity contribution in [1.82, 2.24) is 19.4 Å². The molecular weight excluding hydrogens is 400 g/mol. The number of sulfone groups is 1. The number of para-hydroxylation sites is 1. The quantitative estimate of drug-likeness (QED) is 0.597. The van der Waals surface area contributed by atoms with E-state index >= 15 is 0 Å². The van der Waals surface area contributed by atoms with Crippen LogP contribution in [0.5, 0.6) is 0 Å². The first-order valence-corrected chi connectivity index (χ1v) is 12.3. The normalized spacial score (nSPS) is 17.5. The van der Waals surface area contributed by atoms with E-state index in [1.54, 1.807) is 13.3 Å². The minimum atomic E-state index is -3.37. The van der Waals surface area contributed by atoms with Gasteiger partial charge in [-0.05, 0) is 36.8 Å². The number of imidazole rings is 1. The van der Waals surface area contributed by atoms with Crippen molar-refractivity contribution < 1.29 is 13.2 Å². The van der Waals surface area contributed by atoms with Gasteiger partial charge in [-0.3, -0.25) is 4.90 Å². The molecule has 0 spiro atoms. The van der Waals surface area contributed by atoms with E-state index in [-0.39, 0.29) is 10.9 Å². The average Bonchev–Trinajstić information content (AvgIpc) is 3.31. The number of nitrogens with one attached hydrogen (secondary N) is 1. The van der Waals surface area contributed by atoms with Crippen LogP contribution in [0.4, 0.5) is 0 Å². The van der Waals surface area contributed by atoms with Gasteiger partial charge < -0.3 is 14.3 Å². The number of aromatic nitrogens is 3. The molecule has 1 aromatic carbocycles. The van der Waals surface area contributed by atoms with Crippen LogP contribution < -0.4 is 0 Å². The predicted octanol–water partition coefficient (Wildman–Crippen LogP) is 2.75. The fourth-order valence-corrected chi connectivity index (χ4v) is 6.33. The Morgan fingerprint density at radius 1 is 1.27 bits per heavy atom. The molecule has 1 N–H and O–H groups in total. The molecule has 0 unspecified atom stereocenters. The molecule has 8 heteroatoms. The molecule has 2 aromatic heterocycles. The van der Waals surface area contributed by atoms with E-state index in [0.717, 1.165) is 38.0 Å². The van der Waals surface area contributed by atoms with Gasteiger partial charge in [-0.1, -0.05) is 18.2 Å². The second kappa shape index (κ2) is 7.83. The molecule has 1 fully saturated rings. The highest BCUT2D eigenvalue weighted by Crippen LogP contribution is 2.32. The summed E-state index contributed by atoms with van der Waals surface area (Å²) in [5, 5.41) is 1.51. The van der Waals surface area contributed by atoms with Gasteiger partial charge in [0.2, 0.25) is 15.0 Å². The smallest absolute Gasteiger partial charge is 0.227 e. The fourth-order valence-electron chi connectivity index (χ4n) is 4.47. The van der Waals surface area contributed by atoms with Gasteiger partial charge >= 0.3 is 0 Å². The first-order chi connectivity index (χ1) is 14.5. The van der Waals surface area contributed by atoms with Crippen LogP contribution in [0.15, 0.2) is 35.6 Å². The second-order valence-electron chi connectivity index (χ2n) is 8.49. The highest BCUT2D eigenvalue weighted by atomic mass is 32.2. The number of nitrogens with zero attached hydrogens (tertiary/aromatic N) is 3. The Hall–Kier alpha value is -2.16. The molecule has 0 atom stereocenters. The average molecular weight is 429 g/mol. The summed E-state index contributed by atoms with van der Waals surface area (Å²) in [5.74, 6) is 0.507. The van der Waals surface area contributed by atoms with Crippen molar-refractivity contribution in [3.8, 4) is 0 Å². The molecule has 1 aliphatic heterocycles. The molecule has 1 saturated carbocycles. The van der Waals surface area contributed by atoms with Crippen LogP contribution in [0, 0.1) is 5.92 Å². The summed E-state index contributed by atoms with van der Waals surface area (Å²) >= 11 is 0. The number of aromatic amines is 1. The van der Waals surface area contributed by atoms with Gasteiger partial charge in [0.1, 0.15) is 0 Å². The number of ether oxygens (including phenoxy) is 1. The molecule has 30 heavy (non-hydrogen) atoms. The van der Waals surface area contributed by atoms with Crippen molar-refractivity contribution in [2.24, 2.45) is 5.92 Å². The molecule has 1 aliphatic carbocycles. The Morgan fingerprint density at radius 3 is 2.90 bits per heavy atom. The predicted molar refractivity (Wildman–Crippen MR) is 115 cm³/mol. The third kappa shape index (κ3) is 3.79. The summed E-state index contributed by atoms with van der Waals surface area (Å²) in [6.07, 6.45) is 4.73. The molecule has 7 nitrogen and oxygen atoms in total. The fraction of sp³-hybridized carbons (Fsp3) is 0.500. The Kier molecular flexibility index (Phi) is 5.16. The van der Waals surface area contributed by atoms with Crippen LogP contribution in [0.2, 0.25) is 0 Å². The Bertz CT molecular complexity index is 1160. The van der Waals surface area contributed by atoms with Crippen molar-refractivity contribution in [1.29, 1.82) is 0 Å². The van der Waals surface area contributed by atoms with E-state index in [0.29, 0.717) is 25.6 Å². The lowest BCUT2D eigenvalue weighted by Crippen LogP contribution is -2.31. The van der Waals surface area contributed by atoms with Gasteiger partial charge in [0.05, 0.1) is 24.3 Å². The molecule has 0 radical (unpaired) electrons. The van der Waals surface area contributed by atoms with Crippen molar-refractivity contribution >= 4 is 20.7 Å². The monoisotopic (exact) mass is 428 g/mol. The van der Waals surface area contributed by atoms with E-state index in [9.17, 15) is 8.42 Å². The lowest BCUT2D eigenvalue weighted by Gasteiger charge is -2.27. The van der Waals surface area contributed by atoms with E-state index in [1.165, 1.54) is 22.2 Å². The second-order valence-corrected chi connectivity index (χ2v) is 10.4. The number of benzene rings is 1. The maximum Gasteiger partial charge on any atom is 0.227 e. The number of fused-ring (bicyclic) bond motifs is 3. The minimum Gasteiger partial charge on any atom is -0.383 e. The zero-order chi connectivity index (χ0) is 20.7. The zero-order valence-corrected chi connectivity index (χ0v) is 18.1. The van der Waals surface area contributed by atoms with Crippen LogP contribution in [0.25, 0.3) is 10.9 Å². The molecule has 2 aliphatic rings. The highest BCUT2D eigenvalue weighted by molar-refractivity contribution is 7.91. The Balaban J connectivity index is 1.39.